The third-order valence-electron chi connectivity index (χ3n) is 4.12. The lowest BCUT2D eigenvalue weighted by Crippen LogP contribution is -2.53. The number of rotatable bonds is 5. The molecule has 0 unspecified atom stereocenters. The van der Waals surface area contributed by atoms with Crippen LogP contribution in [0.3, 0.4) is 0 Å². The maximum absolute atomic E-state index is 12.4. The summed E-state index contributed by atoms with van der Waals surface area (Å²) in [6, 6.07) is 1.54. The fraction of sp³-hybridized carbons (Fsp3) is 0.667. The highest BCUT2D eigenvalue weighted by molar-refractivity contribution is 5.91. The van der Waals surface area contributed by atoms with E-state index in [1.807, 2.05) is 0 Å². The molecule has 1 aliphatic heterocycles. The normalized spacial score (nSPS) is 17.8. The van der Waals surface area contributed by atoms with E-state index in [9.17, 15) is 4.79 Å². The minimum atomic E-state index is -0.301. The molecule has 2 rings (SSSR count). The largest absolute Gasteiger partial charge is 0.481 e. The maximum Gasteiger partial charge on any atom is 0.289 e. The van der Waals surface area contributed by atoms with Gasteiger partial charge in [0.25, 0.3) is 5.91 Å². The van der Waals surface area contributed by atoms with Crippen LogP contribution in [0, 0.1) is 0 Å². The summed E-state index contributed by atoms with van der Waals surface area (Å²) < 4.78 is 10.1. The molecule has 0 bridgehead atoms. The molecule has 0 spiro atoms. The number of methoxy groups -OCH3 is 2. The number of piperidine rings is 1. The average Bonchev–Trinajstić information content (AvgIpc) is 2.54. The number of amides is 1. The highest BCUT2D eigenvalue weighted by atomic mass is 16.5. The smallest absolute Gasteiger partial charge is 0.289 e. The zero-order valence-corrected chi connectivity index (χ0v) is 13.7. The second-order valence-electron chi connectivity index (χ2n) is 5.73. The van der Waals surface area contributed by atoms with Gasteiger partial charge in [0.05, 0.1) is 20.3 Å². The Bertz CT molecular complexity index is 505. The van der Waals surface area contributed by atoms with E-state index in [0.29, 0.717) is 11.8 Å². The maximum atomic E-state index is 12.4. The van der Waals surface area contributed by atoms with E-state index < -0.39 is 0 Å². The first-order valence-corrected chi connectivity index (χ1v) is 7.51. The number of likely N-dealkylation sites (tertiary alicyclic amines) is 1. The van der Waals surface area contributed by atoms with Crippen molar-refractivity contribution in [1.29, 1.82) is 0 Å². The molecular weight excluding hydrogens is 284 g/mol. The number of ether oxygens (including phenoxy) is 2. The Labute approximate surface area is 131 Å². The Morgan fingerprint density at radius 2 is 1.82 bits per heavy atom. The van der Waals surface area contributed by atoms with Gasteiger partial charge in [-0.25, -0.2) is 0 Å². The van der Waals surface area contributed by atoms with E-state index in [-0.39, 0.29) is 17.3 Å². The summed E-state index contributed by atoms with van der Waals surface area (Å²) in [4.78, 5) is 23.0. The molecule has 1 aromatic rings. The first kappa shape index (κ1) is 16.5. The molecule has 7 heteroatoms. The molecule has 1 saturated heterocycles. The van der Waals surface area contributed by atoms with Gasteiger partial charge in [-0.2, -0.15) is 9.97 Å². The van der Waals surface area contributed by atoms with Gasteiger partial charge in [0.2, 0.25) is 17.6 Å². The van der Waals surface area contributed by atoms with Crippen molar-refractivity contribution < 1.29 is 14.3 Å². The number of carbonyl (C=O) groups excluding carboxylic acids is 1. The van der Waals surface area contributed by atoms with Crippen molar-refractivity contribution in [2.24, 2.45) is 0 Å². The van der Waals surface area contributed by atoms with Gasteiger partial charge < -0.3 is 19.7 Å². The number of nitrogens with zero attached hydrogens (tertiary/aromatic N) is 3. The van der Waals surface area contributed by atoms with Crippen LogP contribution in [0.4, 0.5) is 0 Å². The van der Waals surface area contributed by atoms with E-state index in [1.54, 1.807) is 0 Å². The molecule has 1 N–H and O–H groups in total. The zero-order valence-electron chi connectivity index (χ0n) is 13.7. The lowest BCUT2D eigenvalue weighted by molar-refractivity contribution is 0.0826. The number of nitrogens with one attached hydrogen (secondary N) is 1. The Hall–Kier alpha value is -1.89. The van der Waals surface area contributed by atoms with Crippen molar-refractivity contribution in [1.82, 2.24) is 20.2 Å². The summed E-state index contributed by atoms with van der Waals surface area (Å²) in [6.07, 6.45) is 1.82. The molecule has 0 atom stereocenters. The lowest BCUT2D eigenvalue weighted by Gasteiger charge is -2.39. The van der Waals surface area contributed by atoms with Gasteiger partial charge in [0.15, 0.2) is 0 Å². The van der Waals surface area contributed by atoms with Gasteiger partial charge in [-0.1, -0.05) is 6.92 Å². The van der Waals surface area contributed by atoms with Gasteiger partial charge in [-0.05, 0) is 26.3 Å². The standard InChI is InChI=1S/C15H24N4O3/c1-5-19-8-6-15(2,7-9-19)18-14(20)13-16-11(21-3)10-12(17-13)22-4/h10H,5-9H2,1-4H3,(H,18,20). The van der Waals surface area contributed by atoms with Gasteiger partial charge in [0.1, 0.15) is 0 Å². The molecule has 1 aromatic heterocycles. The molecule has 1 fully saturated rings. The molecular formula is C15H24N4O3. The molecule has 122 valence electrons. The van der Waals surface area contributed by atoms with Crippen LogP contribution in [0.15, 0.2) is 6.07 Å². The van der Waals surface area contributed by atoms with Crippen LogP contribution in [-0.2, 0) is 0 Å². The molecule has 1 aliphatic rings. The number of aromatic nitrogens is 2. The van der Waals surface area contributed by atoms with Crippen molar-refractivity contribution in [3.05, 3.63) is 11.9 Å². The molecule has 1 amide bonds. The summed E-state index contributed by atoms with van der Waals surface area (Å²) in [6.45, 7) is 7.22. The quantitative estimate of drug-likeness (QED) is 0.878. The Kier molecular flexibility index (Phi) is 5.18. The second-order valence-corrected chi connectivity index (χ2v) is 5.73. The minimum absolute atomic E-state index is 0.0651. The van der Waals surface area contributed by atoms with Crippen LogP contribution in [0.2, 0.25) is 0 Å². The second kappa shape index (κ2) is 6.91. The molecule has 0 radical (unpaired) electrons. The fourth-order valence-electron chi connectivity index (χ4n) is 2.53. The van der Waals surface area contributed by atoms with Crippen LogP contribution in [0.5, 0.6) is 11.8 Å². The van der Waals surface area contributed by atoms with Crippen LogP contribution in [0.1, 0.15) is 37.3 Å². The molecule has 22 heavy (non-hydrogen) atoms. The summed E-state index contributed by atoms with van der Waals surface area (Å²) >= 11 is 0. The first-order valence-electron chi connectivity index (χ1n) is 7.51. The Morgan fingerprint density at radius 3 is 2.27 bits per heavy atom. The van der Waals surface area contributed by atoms with Crippen LogP contribution in [0.25, 0.3) is 0 Å². The van der Waals surface area contributed by atoms with Crippen molar-refractivity contribution in [3.63, 3.8) is 0 Å². The molecule has 0 aliphatic carbocycles. The van der Waals surface area contributed by atoms with Crippen LogP contribution in [-0.4, -0.2) is 60.2 Å². The number of carbonyl (C=O) groups is 1. The van der Waals surface area contributed by atoms with Crippen molar-refractivity contribution in [3.8, 4) is 11.8 Å². The predicted octanol–water partition coefficient (Wildman–Crippen LogP) is 1.10. The van der Waals surface area contributed by atoms with Gasteiger partial charge in [0, 0.05) is 18.6 Å². The van der Waals surface area contributed by atoms with Gasteiger partial charge in [-0.15, -0.1) is 0 Å². The van der Waals surface area contributed by atoms with Crippen molar-refractivity contribution >= 4 is 5.91 Å². The first-order chi connectivity index (χ1) is 10.5. The number of hydrogen-bond donors (Lipinski definition) is 1. The third-order valence-corrected chi connectivity index (χ3v) is 4.12. The van der Waals surface area contributed by atoms with E-state index in [2.05, 4.69) is 34.0 Å². The highest BCUT2D eigenvalue weighted by Crippen LogP contribution is 2.22. The topological polar surface area (TPSA) is 76.6 Å². The minimum Gasteiger partial charge on any atom is -0.481 e. The van der Waals surface area contributed by atoms with E-state index in [1.165, 1.54) is 20.3 Å². The van der Waals surface area contributed by atoms with Crippen LogP contribution < -0.4 is 14.8 Å². The molecule has 0 aromatic carbocycles. The Morgan fingerprint density at radius 1 is 1.27 bits per heavy atom. The number of hydrogen-bond acceptors (Lipinski definition) is 6. The summed E-state index contributed by atoms with van der Waals surface area (Å²) in [7, 11) is 2.98. The third kappa shape index (κ3) is 3.85. The monoisotopic (exact) mass is 308 g/mol. The van der Waals surface area contributed by atoms with Crippen molar-refractivity contribution in [2.45, 2.75) is 32.2 Å². The van der Waals surface area contributed by atoms with E-state index >= 15 is 0 Å². The van der Waals surface area contributed by atoms with Crippen LogP contribution >= 0.6 is 0 Å². The average molecular weight is 308 g/mol. The SMILES string of the molecule is CCN1CCC(C)(NC(=O)c2nc(OC)cc(OC)n2)CC1. The van der Waals surface area contributed by atoms with E-state index in [0.717, 1.165) is 32.5 Å². The molecule has 2 heterocycles. The summed E-state index contributed by atoms with van der Waals surface area (Å²) in [5, 5.41) is 3.06. The Balaban J connectivity index is 2.09. The van der Waals surface area contributed by atoms with Gasteiger partial charge in [-0.3, -0.25) is 4.79 Å². The lowest BCUT2D eigenvalue weighted by atomic mass is 9.89. The molecule has 7 nitrogen and oxygen atoms in total. The highest BCUT2D eigenvalue weighted by Gasteiger charge is 2.32. The van der Waals surface area contributed by atoms with Crippen molar-refractivity contribution in [2.75, 3.05) is 33.9 Å². The predicted molar refractivity (Wildman–Crippen MR) is 82.4 cm³/mol. The fourth-order valence-corrected chi connectivity index (χ4v) is 2.53. The summed E-state index contributed by atoms with van der Waals surface area (Å²) in [5.74, 6) is 0.380. The molecule has 0 saturated carbocycles. The summed E-state index contributed by atoms with van der Waals surface area (Å²) in [5.41, 5.74) is -0.234. The zero-order chi connectivity index (χ0) is 16.2. The van der Waals surface area contributed by atoms with E-state index in [4.69, 9.17) is 9.47 Å². The van der Waals surface area contributed by atoms with Gasteiger partial charge >= 0.3 is 0 Å².